The lowest BCUT2D eigenvalue weighted by Crippen LogP contribution is -2.59. The number of hydrogen-bond acceptors (Lipinski definition) is 3. The summed E-state index contributed by atoms with van der Waals surface area (Å²) in [4.78, 5) is 18.9. The van der Waals surface area contributed by atoms with Crippen molar-refractivity contribution in [3.8, 4) is 0 Å². The molecule has 1 atom stereocenters. The van der Waals surface area contributed by atoms with E-state index in [2.05, 4.69) is 37.5 Å². The molecule has 0 saturated carbocycles. The van der Waals surface area contributed by atoms with E-state index in [0.717, 1.165) is 32.7 Å². The Labute approximate surface area is 118 Å². The fraction of sp³-hybridized carbons (Fsp3) is 0.933. The van der Waals surface area contributed by atoms with Crippen LogP contribution in [0.3, 0.4) is 0 Å². The van der Waals surface area contributed by atoms with Crippen molar-refractivity contribution in [2.75, 3.05) is 46.8 Å². The van der Waals surface area contributed by atoms with Gasteiger partial charge < -0.3 is 4.90 Å². The Morgan fingerprint density at radius 2 is 1.68 bits per heavy atom. The van der Waals surface area contributed by atoms with Gasteiger partial charge in [-0.3, -0.25) is 14.6 Å². The molecule has 1 amide bonds. The van der Waals surface area contributed by atoms with E-state index < -0.39 is 0 Å². The van der Waals surface area contributed by atoms with Gasteiger partial charge in [-0.2, -0.15) is 0 Å². The molecule has 19 heavy (non-hydrogen) atoms. The van der Waals surface area contributed by atoms with Crippen LogP contribution in [0, 0.1) is 11.8 Å². The van der Waals surface area contributed by atoms with Crippen molar-refractivity contribution in [2.45, 2.75) is 33.7 Å². The van der Waals surface area contributed by atoms with Crippen molar-refractivity contribution in [1.82, 2.24) is 14.7 Å². The third-order valence-electron chi connectivity index (χ3n) is 3.52. The lowest BCUT2D eigenvalue weighted by molar-refractivity contribution is -0.137. The molecular formula is C15H31N3O. The van der Waals surface area contributed by atoms with Gasteiger partial charge in [-0.15, -0.1) is 0 Å². The Kier molecular flexibility index (Phi) is 6.27. The highest BCUT2D eigenvalue weighted by molar-refractivity contribution is 5.81. The first-order valence-electron chi connectivity index (χ1n) is 7.48. The van der Waals surface area contributed by atoms with Crippen molar-refractivity contribution in [2.24, 2.45) is 11.8 Å². The van der Waals surface area contributed by atoms with Crippen LogP contribution >= 0.6 is 0 Å². The van der Waals surface area contributed by atoms with Gasteiger partial charge in [0, 0.05) is 46.8 Å². The van der Waals surface area contributed by atoms with E-state index in [4.69, 9.17) is 0 Å². The van der Waals surface area contributed by atoms with Gasteiger partial charge in [-0.1, -0.05) is 27.7 Å². The number of amides is 1. The van der Waals surface area contributed by atoms with Crippen LogP contribution in [0.4, 0.5) is 0 Å². The van der Waals surface area contributed by atoms with Crippen molar-refractivity contribution in [1.29, 1.82) is 0 Å². The lowest BCUT2D eigenvalue weighted by atomic mass is 10.1. The summed E-state index contributed by atoms with van der Waals surface area (Å²) in [6, 6.07) is 0.0323. The largest absolute Gasteiger partial charge is 0.347 e. The predicted molar refractivity (Wildman–Crippen MR) is 80.2 cm³/mol. The van der Waals surface area contributed by atoms with Crippen LogP contribution in [0.2, 0.25) is 0 Å². The number of likely N-dealkylation sites (N-methyl/N-ethyl adjacent to an activating group) is 1. The molecule has 1 saturated heterocycles. The summed E-state index contributed by atoms with van der Waals surface area (Å²) in [5, 5.41) is 0. The summed E-state index contributed by atoms with van der Waals surface area (Å²) in [6.07, 6.45) is 0. The van der Waals surface area contributed by atoms with Gasteiger partial charge in [0.05, 0.1) is 0 Å². The molecule has 1 rings (SSSR count). The van der Waals surface area contributed by atoms with E-state index in [1.54, 1.807) is 4.90 Å². The minimum Gasteiger partial charge on any atom is -0.347 e. The molecule has 4 heteroatoms. The molecule has 0 N–H and O–H groups in total. The molecule has 0 spiro atoms. The van der Waals surface area contributed by atoms with Crippen LogP contribution in [0.1, 0.15) is 27.7 Å². The Balaban J connectivity index is 2.71. The van der Waals surface area contributed by atoms with Crippen LogP contribution in [0.5, 0.6) is 0 Å². The molecule has 1 fully saturated rings. The zero-order valence-corrected chi connectivity index (χ0v) is 13.5. The van der Waals surface area contributed by atoms with Crippen molar-refractivity contribution in [3.05, 3.63) is 0 Å². The van der Waals surface area contributed by atoms with Gasteiger partial charge in [0.15, 0.2) is 0 Å². The number of carbonyl (C=O) groups is 1. The average molecular weight is 269 g/mol. The van der Waals surface area contributed by atoms with Crippen molar-refractivity contribution in [3.63, 3.8) is 0 Å². The fourth-order valence-electron chi connectivity index (χ4n) is 2.78. The molecule has 0 aromatic carbocycles. The second-order valence-electron chi connectivity index (χ2n) is 6.79. The third-order valence-corrected chi connectivity index (χ3v) is 3.52. The molecule has 1 aliphatic rings. The Morgan fingerprint density at radius 3 is 2.16 bits per heavy atom. The maximum absolute atomic E-state index is 12.4. The number of rotatable bonds is 5. The summed E-state index contributed by atoms with van der Waals surface area (Å²) >= 11 is 0. The van der Waals surface area contributed by atoms with Gasteiger partial charge in [0.1, 0.15) is 6.04 Å². The van der Waals surface area contributed by atoms with Crippen LogP contribution in [0.15, 0.2) is 0 Å². The second kappa shape index (κ2) is 7.25. The molecule has 1 heterocycles. The molecule has 0 aromatic rings. The number of carbonyl (C=O) groups excluding carboxylic acids is 1. The maximum Gasteiger partial charge on any atom is 0.240 e. The molecule has 0 aromatic heterocycles. The number of piperazine rings is 1. The van der Waals surface area contributed by atoms with E-state index >= 15 is 0 Å². The van der Waals surface area contributed by atoms with Gasteiger partial charge >= 0.3 is 0 Å². The Morgan fingerprint density at radius 1 is 1.11 bits per heavy atom. The Hall–Kier alpha value is -0.610. The first kappa shape index (κ1) is 16.4. The normalized spacial score (nSPS) is 22.2. The zero-order chi connectivity index (χ0) is 14.6. The van der Waals surface area contributed by atoms with Gasteiger partial charge in [0.2, 0.25) is 5.91 Å². The first-order chi connectivity index (χ1) is 8.81. The van der Waals surface area contributed by atoms with E-state index in [-0.39, 0.29) is 11.9 Å². The second-order valence-corrected chi connectivity index (χ2v) is 6.79. The van der Waals surface area contributed by atoms with Crippen LogP contribution in [0.25, 0.3) is 0 Å². The van der Waals surface area contributed by atoms with Gasteiger partial charge in [0.25, 0.3) is 0 Å². The minimum atomic E-state index is 0.0323. The van der Waals surface area contributed by atoms with E-state index in [9.17, 15) is 4.79 Å². The highest BCUT2D eigenvalue weighted by Gasteiger charge is 2.33. The van der Waals surface area contributed by atoms with Crippen LogP contribution < -0.4 is 0 Å². The van der Waals surface area contributed by atoms with Gasteiger partial charge in [-0.25, -0.2) is 0 Å². The predicted octanol–water partition coefficient (Wildman–Crippen LogP) is 1.37. The molecular weight excluding hydrogens is 238 g/mol. The van der Waals surface area contributed by atoms with Crippen LogP contribution in [-0.2, 0) is 4.79 Å². The average Bonchev–Trinajstić information content (AvgIpc) is 2.28. The molecule has 0 unspecified atom stereocenters. The Bertz CT molecular complexity index is 289. The summed E-state index contributed by atoms with van der Waals surface area (Å²) in [6.45, 7) is 14.0. The highest BCUT2D eigenvalue weighted by Crippen LogP contribution is 2.15. The minimum absolute atomic E-state index is 0.0323. The summed E-state index contributed by atoms with van der Waals surface area (Å²) in [5.74, 6) is 1.51. The lowest BCUT2D eigenvalue weighted by Gasteiger charge is -2.42. The maximum atomic E-state index is 12.4. The third kappa shape index (κ3) is 5.11. The number of hydrogen-bond donors (Lipinski definition) is 0. The molecule has 0 bridgehead atoms. The number of nitrogens with zero attached hydrogens (tertiary/aromatic N) is 3. The molecule has 112 valence electrons. The fourth-order valence-corrected chi connectivity index (χ4v) is 2.78. The summed E-state index contributed by atoms with van der Waals surface area (Å²) < 4.78 is 0. The smallest absolute Gasteiger partial charge is 0.240 e. The van der Waals surface area contributed by atoms with Crippen LogP contribution in [-0.4, -0.2) is 73.5 Å². The zero-order valence-electron chi connectivity index (χ0n) is 13.5. The van der Waals surface area contributed by atoms with Crippen molar-refractivity contribution >= 4 is 5.91 Å². The summed E-state index contributed by atoms with van der Waals surface area (Å²) in [5.41, 5.74) is 0. The highest BCUT2D eigenvalue weighted by atomic mass is 16.2. The van der Waals surface area contributed by atoms with E-state index in [1.165, 1.54) is 0 Å². The monoisotopic (exact) mass is 269 g/mol. The molecule has 4 nitrogen and oxygen atoms in total. The topological polar surface area (TPSA) is 26.8 Å². The first-order valence-corrected chi connectivity index (χ1v) is 7.48. The van der Waals surface area contributed by atoms with Gasteiger partial charge in [-0.05, 0) is 11.8 Å². The molecule has 0 aliphatic carbocycles. The van der Waals surface area contributed by atoms with E-state index in [1.807, 2.05) is 14.1 Å². The summed E-state index contributed by atoms with van der Waals surface area (Å²) in [7, 11) is 3.72. The SMILES string of the molecule is CC(C)CN1CCN(CC(C)C)[C@@H](C(=O)N(C)C)C1. The molecule has 0 radical (unpaired) electrons. The standard InChI is InChI=1S/C15H31N3O/c1-12(2)9-17-7-8-18(10-13(3)4)14(11-17)15(19)16(5)6/h12-14H,7-11H2,1-6H3/t14-/m1/s1. The van der Waals surface area contributed by atoms with E-state index in [0.29, 0.717) is 11.8 Å². The quantitative estimate of drug-likeness (QED) is 0.754. The molecule has 1 aliphatic heterocycles. The van der Waals surface area contributed by atoms with Crippen molar-refractivity contribution < 1.29 is 4.79 Å².